The highest BCUT2D eigenvalue weighted by molar-refractivity contribution is 9.10. The molecule has 0 N–H and O–H groups in total. The molecule has 0 aliphatic rings. The minimum atomic E-state index is -0.309. The molecule has 8 heteroatoms. The van der Waals surface area contributed by atoms with Gasteiger partial charge in [0.1, 0.15) is 23.8 Å². The number of halogens is 2. The van der Waals surface area contributed by atoms with E-state index in [1.54, 1.807) is 42.6 Å². The molecule has 6 nitrogen and oxygen atoms in total. The Morgan fingerprint density at radius 1 is 0.974 bits per heavy atom. The van der Waals surface area contributed by atoms with Crippen molar-refractivity contribution in [2.24, 2.45) is 5.10 Å². The highest BCUT2D eigenvalue weighted by Crippen LogP contribution is 2.28. The second kappa shape index (κ2) is 10.1. The first kappa shape index (κ1) is 23.8. The molecule has 6 rings (SSSR count). The van der Waals surface area contributed by atoms with E-state index in [4.69, 9.17) is 14.1 Å². The van der Waals surface area contributed by atoms with Gasteiger partial charge < -0.3 is 9.15 Å². The number of aromatic nitrogens is 2. The van der Waals surface area contributed by atoms with E-state index in [0.717, 1.165) is 16.5 Å². The summed E-state index contributed by atoms with van der Waals surface area (Å²) in [6.07, 6.45) is 1.57. The number of fused-ring (bicyclic) bond motifs is 2. The van der Waals surface area contributed by atoms with Crippen LogP contribution in [0.25, 0.3) is 33.5 Å². The fourth-order valence-corrected chi connectivity index (χ4v) is 4.62. The minimum absolute atomic E-state index is 0.225. The highest BCUT2D eigenvalue weighted by atomic mass is 79.9. The van der Waals surface area contributed by atoms with Crippen LogP contribution < -0.4 is 10.3 Å². The van der Waals surface area contributed by atoms with Gasteiger partial charge in [-0.2, -0.15) is 9.78 Å². The zero-order valence-corrected chi connectivity index (χ0v) is 21.4. The van der Waals surface area contributed by atoms with Gasteiger partial charge in [0.2, 0.25) is 5.82 Å². The lowest BCUT2D eigenvalue weighted by Crippen LogP contribution is -2.20. The molecule has 0 aliphatic heterocycles. The number of benzene rings is 4. The first-order valence-corrected chi connectivity index (χ1v) is 12.6. The van der Waals surface area contributed by atoms with Crippen LogP contribution in [-0.4, -0.2) is 15.9 Å². The quantitative estimate of drug-likeness (QED) is 0.200. The third-order valence-corrected chi connectivity index (χ3v) is 6.58. The Kier molecular flexibility index (Phi) is 6.31. The van der Waals surface area contributed by atoms with Crippen LogP contribution in [0.3, 0.4) is 0 Å². The molecule has 2 heterocycles. The summed E-state index contributed by atoms with van der Waals surface area (Å²) in [5.41, 5.74) is 2.39. The summed E-state index contributed by atoms with van der Waals surface area (Å²) in [6.45, 7) is 0.225. The van der Waals surface area contributed by atoms with Gasteiger partial charge in [0.05, 0.1) is 21.6 Å². The van der Waals surface area contributed by atoms with E-state index in [1.807, 2.05) is 48.5 Å². The van der Waals surface area contributed by atoms with Crippen LogP contribution in [0.1, 0.15) is 11.1 Å². The number of furan rings is 1. The molecule has 2 aromatic heterocycles. The Balaban J connectivity index is 1.35. The van der Waals surface area contributed by atoms with Crippen molar-refractivity contribution in [2.45, 2.75) is 6.61 Å². The van der Waals surface area contributed by atoms with Gasteiger partial charge >= 0.3 is 0 Å². The first-order chi connectivity index (χ1) is 18.5. The molecular formula is C30H19BrFN3O3. The topological polar surface area (TPSA) is 69.6 Å². The molecule has 0 bridgehead atoms. The van der Waals surface area contributed by atoms with E-state index in [9.17, 15) is 9.18 Å². The SMILES string of the molecule is O=c1c2ccccc2nc(-c2cc3ccccc3o2)n1N=Cc1ccc(OCc2cccc(F)c2)c(Br)c1. The zero-order valence-electron chi connectivity index (χ0n) is 19.8. The summed E-state index contributed by atoms with van der Waals surface area (Å²) >= 11 is 3.52. The predicted octanol–water partition coefficient (Wildman–Crippen LogP) is 7.17. The average molecular weight is 568 g/mol. The standard InChI is InChI=1S/C30H19BrFN3O3/c31-24-15-19(12-13-27(24)37-18-20-6-5-8-22(32)14-20)17-33-35-29(28-16-21-7-1-4-11-26(21)38-28)34-25-10-3-2-9-23(25)30(35)36/h1-17H,18H2. The van der Waals surface area contributed by atoms with E-state index >= 15 is 0 Å². The van der Waals surface area contributed by atoms with Gasteiger partial charge in [-0.25, -0.2) is 9.37 Å². The number of rotatable bonds is 6. The van der Waals surface area contributed by atoms with Gasteiger partial charge in [0.15, 0.2) is 5.76 Å². The monoisotopic (exact) mass is 567 g/mol. The number of nitrogens with zero attached hydrogens (tertiary/aromatic N) is 3. The molecular weight excluding hydrogens is 549 g/mol. The minimum Gasteiger partial charge on any atom is -0.488 e. The van der Waals surface area contributed by atoms with E-state index in [-0.39, 0.29) is 18.0 Å². The number of hydrogen-bond donors (Lipinski definition) is 0. The Labute approximate surface area is 224 Å². The van der Waals surface area contributed by atoms with Gasteiger partial charge in [-0.3, -0.25) is 4.79 Å². The number of ether oxygens (including phenoxy) is 1. The number of para-hydroxylation sites is 2. The molecule has 0 saturated carbocycles. The zero-order chi connectivity index (χ0) is 26.1. The molecule has 0 atom stereocenters. The third kappa shape index (κ3) is 4.73. The first-order valence-electron chi connectivity index (χ1n) is 11.8. The van der Waals surface area contributed by atoms with Crippen molar-refractivity contribution in [1.82, 2.24) is 9.66 Å². The Hall–Kier alpha value is -4.56. The average Bonchev–Trinajstić information content (AvgIpc) is 3.36. The molecule has 4 aromatic carbocycles. The second-order valence-electron chi connectivity index (χ2n) is 8.57. The van der Waals surface area contributed by atoms with Crippen molar-refractivity contribution in [2.75, 3.05) is 0 Å². The molecule has 0 radical (unpaired) electrons. The van der Waals surface area contributed by atoms with Crippen molar-refractivity contribution < 1.29 is 13.5 Å². The second-order valence-corrected chi connectivity index (χ2v) is 9.43. The summed E-state index contributed by atoms with van der Waals surface area (Å²) in [5.74, 6) is 1.03. The highest BCUT2D eigenvalue weighted by Gasteiger charge is 2.16. The van der Waals surface area contributed by atoms with E-state index in [0.29, 0.717) is 38.3 Å². The van der Waals surface area contributed by atoms with Crippen LogP contribution in [0.5, 0.6) is 5.75 Å². The van der Waals surface area contributed by atoms with Gasteiger partial charge in [-0.15, -0.1) is 0 Å². The largest absolute Gasteiger partial charge is 0.488 e. The Bertz CT molecular complexity index is 1860. The van der Waals surface area contributed by atoms with Crippen LogP contribution >= 0.6 is 15.9 Å². The van der Waals surface area contributed by atoms with Gasteiger partial charge in [0.25, 0.3) is 5.56 Å². The van der Waals surface area contributed by atoms with Crippen molar-refractivity contribution in [3.63, 3.8) is 0 Å². The summed E-state index contributed by atoms with van der Waals surface area (Å²) < 4.78 is 27.2. The molecule has 0 amide bonds. The third-order valence-electron chi connectivity index (χ3n) is 5.96. The Morgan fingerprint density at radius 2 is 1.82 bits per heavy atom. The van der Waals surface area contributed by atoms with Gasteiger partial charge in [-0.1, -0.05) is 42.5 Å². The normalized spacial score (nSPS) is 11.5. The predicted molar refractivity (Wildman–Crippen MR) is 149 cm³/mol. The fourth-order valence-electron chi connectivity index (χ4n) is 4.11. The smallest absolute Gasteiger partial charge is 0.282 e. The van der Waals surface area contributed by atoms with Crippen molar-refractivity contribution in [3.05, 3.63) is 129 Å². The lowest BCUT2D eigenvalue weighted by Gasteiger charge is -2.09. The molecule has 0 aliphatic carbocycles. The van der Waals surface area contributed by atoms with Crippen LogP contribution in [0.2, 0.25) is 0 Å². The lowest BCUT2D eigenvalue weighted by atomic mass is 10.2. The maximum absolute atomic E-state index is 13.4. The molecule has 0 fully saturated rings. The molecule has 0 spiro atoms. The van der Waals surface area contributed by atoms with E-state index in [1.165, 1.54) is 16.8 Å². The maximum Gasteiger partial charge on any atom is 0.282 e. The van der Waals surface area contributed by atoms with Crippen molar-refractivity contribution in [1.29, 1.82) is 0 Å². The van der Waals surface area contributed by atoms with Crippen molar-refractivity contribution >= 4 is 44.0 Å². The molecule has 0 saturated heterocycles. The summed E-state index contributed by atoms with van der Waals surface area (Å²) in [7, 11) is 0. The summed E-state index contributed by atoms with van der Waals surface area (Å²) in [6, 6.07) is 28.3. The molecule has 38 heavy (non-hydrogen) atoms. The van der Waals surface area contributed by atoms with Crippen molar-refractivity contribution in [3.8, 4) is 17.3 Å². The summed E-state index contributed by atoms with van der Waals surface area (Å²) in [4.78, 5) is 18.1. The van der Waals surface area contributed by atoms with Gasteiger partial charge in [0, 0.05) is 5.39 Å². The molecule has 186 valence electrons. The maximum atomic E-state index is 13.4. The number of hydrogen-bond acceptors (Lipinski definition) is 5. The Morgan fingerprint density at radius 3 is 2.66 bits per heavy atom. The van der Waals surface area contributed by atoms with E-state index in [2.05, 4.69) is 21.0 Å². The summed E-state index contributed by atoms with van der Waals surface area (Å²) in [5, 5.41) is 5.85. The molecule has 0 unspecified atom stereocenters. The molecule has 6 aromatic rings. The lowest BCUT2D eigenvalue weighted by molar-refractivity contribution is 0.303. The van der Waals surface area contributed by atoms with Gasteiger partial charge in [-0.05, 0) is 81.7 Å². The van der Waals surface area contributed by atoms with Crippen LogP contribution in [-0.2, 0) is 6.61 Å². The van der Waals surface area contributed by atoms with Crippen LogP contribution in [0.4, 0.5) is 4.39 Å². The van der Waals surface area contributed by atoms with E-state index < -0.39 is 0 Å². The van der Waals surface area contributed by atoms with Crippen LogP contribution in [0, 0.1) is 5.82 Å². The van der Waals surface area contributed by atoms with Crippen LogP contribution in [0.15, 0.2) is 116 Å². The fraction of sp³-hybridized carbons (Fsp3) is 0.0333.